The number of fused-ring (bicyclic) bond motifs is 1. The van der Waals surface area contributed by atoms with Crippen LogP contribution in [0.5, 0.6) is 0 Å². The van der Waals surface area contributed by atoms with Crippen molar-refractivity contribution in [2.75, 3.05) is 7.05 Å². The van der Waals surface area contributed by atoms with Gasteiger partial charge in [0.2, 0.25) is 0 Å². The molecule has 1 fully saturated rings. The maximum Gasteiger partial charge on any atom is 0.329 e. The van der Waals surface area contributed by atoms with E-state index in [1.165, 1.54) is 18.0 Å². The lowest BCUT2D eigenvalue weighted by molar-refractivity contribution is -0.383. The quantitative estimate of drug-likeness (QED) is 0.652. The van der Waals surface area contributed by atoms with Crippen molar-refractivity contribution in [3.8, 4) is 0 Å². The number of aliphatic carboxylic acids is 1. The number of carbonyl (C=O) groups is 2. The third-order valence-electron chi connectivity index (χ3n) is 4.81. The number of non-ortho nitro benzene ring substituents is 1. The SMILES string of the molecule is CN(C(=O)c1cc([N+](=O)[O-])c2nsnc2c1)C1(C(=O)O)CCCCC1. The summed E-state index contributed by atoms with van der Waals surface area (Å²) in [6.07, 6.45) is 3.11. The van der Waals surface area contributed by atoms with Crippen molar-refractivity contribution in [2.24, 2.45) is 0 Å². The second-order valence-electron chi connectivity index (χ2n) is 6.15. The van der Waals surface area contributed by atoms with Crippen molar-refractivity contribution in [1.29, 1.82) is 0 Å². The Hall–Kier alpha value is -2.62. The molecular formula is C15H16N4O5S. The minimum Gasteiger partial charge on any atom is -0.479 e. The summed E-state index contributed by atoms with van der Waals surface area (Å²) in [6.45, 7) is 0. The molecule has 0 saturated heterocycles. The molecule has 0 radical (unpaired) electrons. The largest absolute Gasteiger partial charge is 0.479 e. The zero-order valence-corrected chi connectivity index (χ0v) is 14.3. The van der Waals surface area contributed by atoms with Crippen molar-refractivity contribution in [3.63, 3.8) is 0 Å². The molecule has 1 N–H and O–H groups in total. The zero-order chi connectivity index (χ0) is 18.2. The summed E-state index contributed by atoms with van der Waals surface area (Å²) in [5, 5.41) is 21.0. The third-order valence-corrected chi connectivity index (χ3v) is 5.35. The summed E-state index contributed by atoms with van der Waals surface area (Å²) in [4.78, 5) is 36.6. The molecule has 1 aromatic carbocycles. The molecule has 0 unspecified atom stereocenters. The number of hydrogen-bond donors (Lipinski definition) is 1. The van der Waals surface area contributed by atoms with Crippen LogP contribution in [0.2, 0.25) is 0 Å². The fourth-order valence-corrected chi connectivity index (χ4v) is 3.89. The van der Waals surface area contributed by atoms with Crippen molar-refractivity contribution in [3.05, 3.63) is 27.8 Å². The van der Waals surface area contributed by atoms with Gasteiger partial charge in [-0.05, 0) is 18.9 Å². The highest BCUT2D eigenvalue weighted by molar-refractivity contribution is 7.00. The van der Waals surface area contributed by atoms with Gasteiger partial charge in [-0.25, -0.2) is 4.79 Å². The van der Waals surface area contributed by atoms with Gasteiger partial charge in [-0.15, -0.1) is 0 Å². The molecule has 132 valence electrons. The summed E-state index contributed by atoms with van der Waals surface area (Å²) in [6, 6.07) is 2.56. The number of nitro groups is 1. The Kier molecular flexibility index (Phi) is 4.38. The van der Waals surface area contributed by atoms with Crippen molar-refractivity contribution >= 4 is 40.3 Å². The Labute approximate surface area is 146 Å². The lowest BCUT2D eigenvalue weighted by Gasteiger charge is -2.41. The lowest BCUT2D eigenvalue weighted by atomic mass is 9.80. The van der Waals surface area contributed by atoms with Gasteiger partial charge in [-0.3, -0.25) is 14.9 Å². The summed E-state index contributed by atoms with van der Waals surface area (Å²) >= 11 is 0.822. The highest BCUT2D eigenvalue weighted by Crippen LogP contribution is 2.35. The Morgan fingerprint density at radius 1 is 1.28 bits per heavy atom. The highest BCUT2D eigenvalue weighted by atomic mass is 32.1. The molecule has 9 nitrogen and oxygen atoms in total. The molecule has 2 aromatic rings. The van der Waals surface area contributed by atoms with E-state index in [1.54, 1.807) is 0 Å². The van der Waals surface area contributed by atoms with Gasteiger partial charge in [0, 0.05) is 18.7 Å². The first-order chi connectivity index (χ1) is 11.9. The molecule has 0 spiro atoms. The van der Waals surface area contributed by atoms with Crippen LogP contribution in [0.15, 0.2) is 12.1 Å². The minimum atomic E-state index is -1.28. The van der Waals surface area contributed by atoms with Gasteiger partial charge in [0.05, 0.1) is 16.7 Å². The van der Waals surface area contributed by atoms with Crippen molar-refractivity contribution in [2.45, 2.75) is 37.6 Å². The smallest absolute Gasteiger partial charge is 0.329 e. The average molecular weight is 364 g/mol. The molecule has 0 bridgehead atoms. The summed E-state index contributed by atoms with van der Waals surface area (Å²) < 4.78 is 7.85. The van der Waals surface area contributed by atoms with Crippen LogP contribution >= 0.6 is 11.7 Å². The van der Waals surface area contributed by atoms with E-state index < -0.39 is 22.3 Å². The van der Waals surface area contributed by atoms with E-state index in [9.17, 15) is 24.8 Å². The van der Waals surface area contributed by atoms with Gasteiger partial charge in [0.25, 0.3) is 11.6 Å². The molecule has 1 aromatic heterocycles. The zero-order valence-electron chi connectivity index (χ0n) is 13.5. The van der Waals surface area contributed by atoms with Crippen LogP contribution in [-0.2, 0) is 4.79 Å². The van der Waals surface area contributed by atoms with Crippen molar-refractivity contribution in [1.82, 2.24) is 13.6 Å². The summed E-state index contributed by atoms with van der Waals surface area (Å²) in [7, 11) is 1.44. The Morgan fingerprint density at radius 3 is 2.56 bits per heavy atom. The first kappa shape index (κ1) is 17.2. The number of benzene rings is 1. The molecule has 0 atom stereocenters. The monoisotopic (exact) mass is 364 g/mol. The van der Waals surface area contributed by atoms with Gasteiger partial charge in [-0.1, -0.05) is 19.3 Å². The molecule has 10 heteroatoms. The first-order valence-electron chi connectivity index (χ1n) is 7.79. The van der Waals surface area contributed by atoms with Crippen LogP contribution in [0, 0.1) is 10.1 Å². The predicted molar refractivity (Wildman–Crippen MR) is 89.6 cm³/mol. The van der Waals surface area contributed by atoms with Gasteiger partial charge < -0.3 is 10.0 Å². The number of amides is 1. The van der Waals surface area contributed by atoms with Crippen LogP contribution in [0.25, 0.3) is 11.0 Å². The molecule has 1 saturated carbocycles. The lowest BCUT2D eigenvalue weighted by Crippen LogP contribution is -2.56. The molecule has 1 aliphatic carbocycles. The second kappa shape index (κ2) is 6.36. The van der Waals surface area contributed by atoms with E-state index in [1.807, 2.05) is 0 Å². The maximum atomic E-state index is 12.9. The maximum absolute atomic E-state index is 12.9. The van der Waals surface area contributed by atoms with E-state index in [4.69, 9.17) is 0 Å². The summed E-state index contributed by atoms with van der Waals surface area (Å²) in [5.74, 6) is -1.61. The number of likely N-dealkylation sites (N-methyl/N-ethyl adjacent to an activating group) is 1. The highest BCUT2D eigenvalue weighted by Gasteiger charge is 2.45. The number of carboxylic acids is 1. The third kappa shape index (κ3) is 2.82. The Morgan fingerprint density at radius 2 is 1.96 bits per heavy atom. The number of hydrogen-bond acceptors (Lipinski definition) is 7. The predicted octanol–water partition coefficient (Wildman–Crippen LogP) is 2.46. The van der Waals surface area contributed by atoms with E-state index in [0.29, 0.717) is 12.8 Å². The van der Waals surface area contributed by atoms with Gasteiger partial charge in [-0.2, -0.15) is 8.75 Å². The molecule has 1 aliphatic rings. The van der Waals surface area contributed by atoms with Crippen LogP contribution < -0.4 is 0 Å². The van der Waals surface area contributed by atoms with Crippen molar-refractivity contribution < 1.29 is 19.6 Å². The van der Waals surface area contributed by atoms with E-state index in [-0.39, 0.29) is 22.3 Å². The molecular weight excluding hydrogens is 348 g/mol. The van der Waals surface area contributed by atoms with E-state index >= 15 is 0 Å². The number of rotatable bonds is 4. The van der Waals surface area contributed by atoms with Crippen LogP contribution in [0.4, 0.5) is 5.69 Å². The molecule has 25 heavy (non-hydrogen) atoms. The molecule has 1 amide bonds. The average Bonchev–Trinajstić information content (AvgIpc) is 3.08. The van der Waals surface area contributed by atoms with Crippen LogP contribution in [0.3, 0.4) is 0 Å². The van der Waals surface area contributed by atoms with Gasteiger partial charge >= 0.3 is 5.97 Å². The summed E-state index contributed by atoms with van der Waals surface area (Å²) in [5.41, 5.74) is -1.17. The minimum absolute atomic E-state index is 0.0422. The number of carboxylic acid groups (broad SMARTS) is 1. The molecule has 3 rings (SSSR count). The Balaban J connectivity index is 2.03. The second-order valence-corrected chi connectivity index (χ2v) is 6.67. The van der Waals surface area contributed by atoms with E-state index in [2.05, 4.69) is 8.75 Å². The number of nitro benzene ring substituents is 1. The molecule has 0 aliphatic heterocycles. The number of nitrogens with zero attached hydrogens (tertiary/aromatic N) is 4. The van der Waals surface area contributed by atoms with E-state index in [0.717, 1.165) is 37.1 Å². The first-order valence-corrected chi connectivity index (χ1v) is 8.52. The Bertz CT molecular complexity index is 859. The van der Waals surface area contributed by atoms with Gasteiger partial charge in [0.15, 0.2) is 5.52 Å². The van der Waals surface area contributed by atoms with Crippen LogP contribution in [-0.4, -0.2) is 48.1 Å². The number of carbonyl (C=O) groups excluding carboxylic acids is 1. The standard InChI is InChI=1S/C15H16N4O5S/c1-18(15(14(21)22)5-3-2-4-6-15)13(20)9-7-10-12(17-25-16-10)11(8-9)19(23)24/h7-8H,2-6H2,1H3,(H,21,22). The topological polar surface area (TPSA) is 127 Å². The number of aromatic nitrogens is 2. The van der Waals surface area contributed by atoms with Gasteiger partial charge in [0.1, 0.15) is 11.1 Å². The normalized spacial score (nSPS) is 16.5. The molecule has 1 heterocycles. The fourth-order valence-electron chi connectivity index (χ4n) is 3.35. The fraction of sp³-hybridized carbons (Fsp3) is 0.467. The van der Waals surface area contributed by atoms with Crippen LogP contribution in [0.1, 0.15) is 42.5 Å².